The van der Waals surface area contributed by atoms with Gasteiger partial charge >= 0.3 is 5.97 Å². The molecule has 0 aliphatic heterocycles. The summed E-state index contributed by atoms with van der Waals surface area (Å²) in [7, 11) is 0. The van der Waals surface area contributed by atoms with Crippen LogP contribution in [0.15, 0.2) is 48.5 Å². The van der Waals surface area contributed by atoms with Gasteiger partial charge in [-0.2, -0.15) is 0 Å². The molecule has 1 N–H and O–H groups in total. The van der Waals surface area contributed by atoms with Crippen molar-refractivity contribution in [1.29, 1.82) is 0 Å². The van der Waals surface area contributed by atoms with Crippen molar-refractivity contribution >= 4 is 11.9 Å². The van der Waals surface area contributed by atoms with E-state index in [1.165, 1.54) is 6.07 Å². The number of carbonyl (C=O) groups is 2. The van der Waals surface area contributed by atoms with Gasteiger partial charge in [0.1, 0.15) is 24.2 Å². The lowest BCUT2D eigenvalue weighted by atomic mass is 10.0. The van der Waals surface area contributed by atoms with E-state index in [9.17, 15) is 14.0 Å². The van der Waals surface area contributed by atoms with Crippen LogP contribution in [0, 0.1) is 11.7 Å². The van der Waals surface area contributed by atoms with Crippen LogP contribution in [0.4, 0.5) is 4.39 Å². The Bertz CT molecular complexity index is 791. The van der Waals surface area contributed by atoms with Crippen LogP contribution in [-0.4, -0.2) is 24.5 Å². The second-order valence-electron chi connectivity index (χ2n) is 6.32. The van der Waals surface area contributed by atoms with E-state index in [1.54, 1.807) is 56.3 Å². The molecule has 1 amide bonds. The van der Waals surface area contributed by atoms with Gasteiger partial charge in [0.05, 0.1) is 12.2 Å². The molecule has 0 aliphatic carbocycles. The Balaban J connectivity index is 2.07. The Hall–Kier alpha value is -2.89. The number of nitrogens with one attached hydrogen (secondary N) is 1. The average Bonchev–Trinajstić information content (AvgIpc) is 2.65. The number of halogens is 1. The summed E-state index contributed by atoms with van der Waals surface area (Å²) < 4.78 is 24.4. The van der Waals surface area contributed by atoms with Crippen molar-refractivity contribution in [2.75, 3.05) is 6.61 Å². The number of hydrogen-bond acceptors (Lipinski definition) is 4. The molecule has 144 valence electrons. The Kier molecular flexibility index (Phi) is 7.34. The summed E-state index contributed by atoms with van der Waals surface area (Å²) >= 11 is 0. The molecule has 0 bridgehead atoms. The third kappa shape index (κ3) is 5.54. The summed E-state index contributed by atoms with van der Waals surface area (Å²) in [5.41, 5.74) is 0.619. The van der Waals surface area contributed by atoms with E-state index in [0.717, 1.165) is 0 Å². The summed E-state index contributed by atoms with van der Waals surface area (Å²) in [6, 6.07) is 12.0. The normalized spacial score (nSPS) is 11.7. The first-order valence-corrected chi connectivity index (χ1v) is 8.86. The van der Waals surface area contributed by atoms with E-state index in [4.69, 9.17) is 9.47 Å². The first-order chi connectivity index (χ1) is 12.9. The second-order valence-corrected chi connectivity index (χ2v) is 6.32. The lowest BCUT2D eigenvalue weighted by molar-refractivity contribution is -0.148. The fourth-order valence-electron chi connectivity index (χ4n) is 2.51. The maximum atomic E-state index is 13.7. The molecule has 1 atom stereocenters. The highest BCUT2D eigenvalue weighted by atomic mass is 19.1. The Morgan fingerprint density at radius 1 is 1.07 bits per heavy atom. The molecule has 2 rings (SSSR count). The van der Waals surface area contributed by atoms with E-state index in [0.29, 0.717) is 17.9 Å². The van der Waals surface area contributed by atoms with E-state index in [1.807, 2.05) is 6.92 Å². The van der Waals surface area contributed by atoms with Gasteiger partial charge in [0.2, 0.25) is 0 Å². The van der Waals surface area contributed by atoms with Crippen molar-refractivity contribution in [2.45, 2.75) is 33.4 Å². The number of benzene rings is 2. The zero-order valence-corrected chi connectivity index (χ0v) is 15.7. The molecule has 5 nitrogen and oxygen atoms in total. The van der Waals surface area contributed by atoms with Gasteiger partial charge in [-0.1, -0.05) is 44.2 Å². The van der Waals surface area contributed by atoms with E-state index in [2.05, 4.69) is 5.32 Å². The van der Waals surface area contributed by atoms with Gasteiger partial charge in [0.25, 0.3) is 5.91 Å². The molecule has 0 heterocycles. The molecule has 0 spiro atoms. The van der Waals surface area contributed by atoms with Gasteiger partial charge in [0.15, 0.2) is 0 Å². The molecule has 0 saturated carbocycles. The Labute approximate surface area is 158 Å². The minimum Gasteiger partial charge on any atom is -0.493 e. The third-order valence-electron chi connectivity index (χ3n) is 3.97. The van der Waals surface area contributed by atoms with Crippen LogP contribution in [0.3, 0.4) is 0 Å². The standard InChI is InChI=1S/C21H24FNO4/c1-4-26-18-12-8-6-10-16(18)20(24)23-19(14(2)3)21(25)27-13-15-9-5-7-11-17(15)22/h5-12,14,19H,4,13H2,1-3H3,(H,23,24)/t19-/m0/s1. The van der Waals surface area contributed by atoms with Crippen LogP contribution >= 0.6 is 0 Å². The van der Waals surface area contributed by atoms with Gasteiger partial charge in [-0.3, -0.25) is 4.79 Å². The minimum atomic E-state index is -0.862. The van der Waals surface area contributed by atoms with Gasteiger partial charge in [-0.25, -0.2) is 9.18 Å². The smallest absolute Gasteiger partial charge is 0.329 e. The monoisotopic (exact) mass is 373 g/mol. The first kappa shape index (κ1) is 20.4. The molecule has 0 aliphatic rings. The van der Waals surface area contributed by atoms with Crippen molar-refractivity contribution in [3.8, 4) is 5.75 Å². The number of para-hydroxylation sites is 1. The summed E-state index contributed by atoms with van der Waals surface area (Å²) in [6.07, 6.45) is 0. The van der Waals surface area contributed by atoms with Crippen molar-refractivity contribution < 1.29 is 23.5 Å². The summed E-state index contributed by atoms with van der Waals surface area (Å²) in [5, 5.41) is 2.69. The second kappa shape index (κ2) is 9.71. The van der Waals surface area contributed by atoms with Gasteiger partial charge < -0.3 is 14.8 Å². The fraction of sp³-hybridized carbons (Fsp3) is 0.333. The maximum Gasteiger partial charge on any atom is 0.329 e. The highest BCUT2D eigenvalue weighted by molar-refractivity contribution is 5.99. The number of esters is 1. The molecule has 27 heavy (non-hydrogen) atoms. The molecule has 0 aromatic heterocycles. The topological polar surface area (TPSA) is 64.6 Å². The molecule has 0 saturated heterocycles. The van der Waals surface area contributed by atoms with Crippen LogP contribution in [0.25, 0.3) is 0 Å². The summed E-state index contributed by atoms with van der Waals surface area (Å²) in [5.74, 6) is -1.25. The molecule has 2 aromatic rings. The minimum absolute atomic E-state index is 0.194. The zero-order valence-electron chi connectivity index (χ0n) is 15.7. The van der Waals surface area contributed by atoms with Crippen LogP contribution in [0.2, 0.25) is 0 Å². The Morgan fingerprint density at radius 2 is 1.74 bits per heavy atom. The first-order valence-electron chi connectivity index (χ1n) is 8.86. The van der Waals surface area contributed by atoms with Crippen molar-refractivity contribution in [2.24, 2.45) is 5.92 Å². The molecular weight excluding hydrogens is 349 g/mol. The predicted molar refractivity (Wildman–Crippen MR) is 99.9 cm³/mol. The van der Waals surface area contributed by atoms with E-state index >= 15 is 0 Å². The van der Waals surface area contributed by atoms with Crippen molar-refractivity contribution in [1.82, 2.24) is 5.32 Å². The number of amides is 1. The SMILES string of the molecule is CCOc1ccccc1C(=O)N[C@H](C(=O)OCc1ccccc1F)C(C)C. The quantitative estimate of drug-likeness (QED) is 0.716. The van der Waals surface area contributed by atoms with Crippen LogP contribution in [0.5, 0.6) is 5.75 Å². The number of hydrogen-bond donors (Lipinski definition) is 1. The van der Waals surface area contributed by atoms with E-state index < -0.39 is 23.7 Å². The maximum absolute atomic E-state index is 13.7. The van der Waals surface area contributed by atoms with Crippen LogP contribution in [-0.2, 0) is 16.1 Å². The van der Waals surface area contributed by atoms with Gasteiger partial charge in [-0.15, -0.1) is 0 Å². The number of ether oxygens (including phenoxy) is 2. The van der Waals surface area contributed by atoms with E-state index in [-0.39, 0.29) is 18.1 Å². The lowest BCUT2D eigenvalue weighted by Gasteiger charge is -2.21. The molecular formula is C21H24FNO4. The predicted octanol–water partition coefficient (Wildman–Crippen LogP) is 3.72. The van der Waals surface area contributed by atoms with Crippen LogP contribution < -0.4 is 10.1 Å². The van der Waals surface area contributed by atoms with Crippen LogP contribution in [0.1, 0.15) is 36.7 Å². The molecule has 6 heteroatoms. The van der Waals surface area contributed by atoms with Gasteiger partial charge in [-0.05, 0) is 31.0 Å². The largest absolute Gasteiger partial charge is 0.493 e. The fourth-order valence-corrected chi connectivity index (χ4v) is 2.51. The average molecular weight is 373 g/mol. The highest BCUT2D eigenvalue weighted by Crippen LogP contribution is 2.19. The highest BCUT2D eigenvalue weighted by Gasteiger charge is 2.27. The third-order valence-corrected chi connectivity index (χ3v) is 3.97. The molecule has 2 aromatic carbocycles. The van der Waals surface area contributed by atoms with Crippen molar-refractivity contribution in [3.63, 3.8) is 0 Å². The molecule has 0 fully saturated rings. The number of rotatable bonds is 8. The molecule has 0 radical (unpaired) electrons. The lowest BCUT2D eigenvalue weighted by Crippen LogP contribution is -2.45. The zero-order chi connectivity index (χ0) is 19.8. The van der Waals surface area contributed by atoms with Gasteiger partial charge in [0, 0.05) is 5.56 Å². The summed E-state index contributed by atoms with van der Waals surface area (Å²) in [4.78, 5) is 25.1. The Morgan fingerprint density at radius 3 is 2.41 bits per heavy atom. The summed E-state index contributed by atoms with van der Waals surface area (Å²) in [6.45, 7) is 5.64. The number of carbonyl (C=O) groups excluding carboxylic acids is 2. The molecule has 0 unspecified atom stereocenters. The van der Waals surface area contributed by atoms with Crippen molar-refractivity contribution in [3.05, 3.63) is 65.5 Å².